The molecule has 0 fully saturated rings. The molecule has 2 aromatic carbocycles. The average molecular weight is 210 g/mol. The highest BCUT2D eigenvalue weighted by atomic mass is 16.3. The highest BCUT2D eigenvalue weighted by molar-refractivity contribution is 6.09. The van der Waals surface area contributed by atoms with Gasteiger partial charge in [-0.1, -0.05) is 24.3 Å². The summed E-state index contributed by atoms with van der Waals surface area (Å²) in [7, 11) is 0. The largest absolute Gasteiger partial charge is 0.461 e. The summed E-state index contributed by atoms with van der Waals surface area (Å²) in [6, 6.07) is 10.7. The van der Waals surface area contributed by atoms with Gasteiger partial charge in [0.1, 0.15) is 11.3 Å². The quantitative estimate of drug-likeness (QED) is 0.532. The number of hydrogen-bond acceptors (Lipinski definition) is 1. The Morgan fingerprint density at radius 3 is 2.56 bits per heavy atom. The van der Waals surface area contributed by atoms with Crippen LogP contribution in [-0.2, 0) is 0 Å². The van der Waals surface area contributed by atoms with Crippen molar-refractivity contribution in [2.24, 2.45) is 0 Å². The molecule has 1 heterocycles. The molecule has 0 N–H and O–H groups in total. The van der Waals surface area contributed by atoms with Gasteiger partial charge in [-0.3, -0.25) is 0 Å². The van der Waals surface area contributed by atoms with Crippen molar-refractivity contribution in [3.63, 3.8) is 0 Å². The van der Waals surface area contributed by atoms with Gasteiger partial charge in [-0.2, -0.15) is 0 Å². The van der Waals surface area contributed by atoms with Crippen molar-refractivity contribution in [1.29, 1.82) is 0 Å². The van der Waals surface area contributed by atoms with E-state index in [1.807, 2.05) is 6.92 Å². The Balaban J connectivity index is 2.67. The summed E-state index contributed by atoms with van der Waals surface area (Å²) in [5, 5.41) is 3.85. The third-order valence-corrected chi connectivity index (χ3v) is 3.35. The van der Waals surface area contributed by atoms with Gasteiger partial charge in [0.2, 0.25) is 0 Å². The maximum absolute atomic E-state index is 5.84. The smallest absolute Gasteiger partial charge is 0.138 e. The van der Waals surface area contributed by atoms with Gasteiger partial charge in [0.15, 0.2) is 0 Å². The summed E-state index contributed by atoms with van der Waals surface area (Å²) in [5.74, 6) is 1.02. The van der Waals surface area contributed by atoms with E-state index < -0.39 is 0 Å². The monoisotopic (exact) mass is 210 g/mol. The van der Waals surface area contributed by atoms with E-state index in [4.69, 9.17) is 4.42 Å². The molecule has 16 heavy (non-hydrogen) atoms. The molecule has 1 aromatic heterocycles. The zero-order valence-electron chi connectivity index (χ0n) is 9.79. The molecule has 0 spiro atoms. The zero-order chi connectivity index (χ0) is 11.3. The van der Waals surface area contributed by atoms with Crippen molar-refractivity contribution in [3.8, 4) is 0 Å². The third kappa shape index (κ3) is 1.12. The number of fused-ring (bicyclic) bond motifs is 3. The van der Waals surface area contributed by atoms with Crippen molar-refractivity contribution in [1.82, 2.24) is 0 Å². The van der Waals surface area contributed by atoms with Crippen LogP contribution in [0, 0.1) is 20.8 Å². The Morgan fingerprint density at radius 2 is 1.75 bits per heavy atom. The summed E-state index contributed by atoms with van der Waals surface area (Å²) in [5.41, 5.74) is 3.51. The van der Waals surface area contributed by atoms with Gasteiger partial charge >= 0.3 is 0 Å². The van der Waals surface area contributed by atoms with E-state index in [0.29, 0.717) is 0 Å². The van der Waals surface area contributed by atoms with Crippen LogP contribution >= 0.6 is 0 Å². The SMILES string of the molecule is Cc1oc2c(C)cc3ccccc3c2c1C. The van der Waals surface area contributed by atoms with Crippen LogP contribution < -0.4 is 0 Å². The van der Waals surface area contributed by atoms with E-state index in [1.165, 1.54) is 27.3 Å². The molecule has 3 rings (SSSR count). The van der Waals surface area contributed by atoms with E-state index in [0.717, 1.165) is 11.3 Å². The van der Waals surface area contributed by atoms with Crippen molar-refractivity contribution >= 4 is 21.7 Å². The molecule has 0 aliphatic carbocycles. The van der Waals surface area contributed by atoms with Crippen LogP contribution in [0.5, 0.6) is 0 Å². The van der Waals surface area contributed by atoms with Gasteiger partial charge in [0, 0.05) is 5.39 Å². The van der Waals surface area contributed by atoms with Gasteiger partial charge < -0.3 is 4.42 Å². The minimum absolute atomic E-state index is 1.02. The lowest BCUT2D eigenvalue weighted by molar-refractivity contribution is 0.573. The summed E-state index contributed by atoms with van der Waals surface area (Å²) in [4.78, 5) is 0. The molecule has 0 aliphatic heterocycles. The number of rotatable bonds is 0. The highest BCUT2D eigenvalue weighted by Crippen LogP contribution is 2.34. The van der Waals surface area contributed by atoms with Gasteiger partial charge in [-0.05, 0) is 48.7 Å². The molecular formula is C15H14O. The minimum atomic E-state index is 1.02. The van der Waals surface area contributed by atoms with E-state index in [1.54, 1.807) is 0 Å². The highest BCUT2D eigenvalue weighted by Gasteiger charge is 2.12. The second-order valence-electron chi connectivity index (χ2n) is 4.40. The predicted octanol–water partition coefficient (Wildman–Crippen LogP) is 4.51. The molecule has 3 aromatic rings. The van der Waals surface area contributed by atoms with E-state index >= 15 is 0 Å². The Kier molecular flexibility index (Phi) is 1.84. The first-order chi connectivity index (χ1) is 7.68. The van der Waals surface area contributed by atoms with E-state index in [-0.39, 0.29) is 0 Å². The molecule has 0 saturated heterocycles. The fourth-order valence-corrected chi connectivity index (χ4v) is 2.38. The standard InChI is InChI=1S/C15H14O/c1-9-8-12-6-4-5-7-13(12)14-10(2)11(3)16-15(9)14/h4-8H,1-3H3. The van der Waals surface area contributed by atoms with Crippen LogP contribution in [0.2, 0.25) is 0 Å². The fraction of sp³-hybridized carbons (Fsp3) is 0.200. The molecule has 0 aliphatic rings. The Bertz CT molecular complexity index is 689. The predicted molar refractivity (Wildman–Crippen MR) is 67.9 cm³/mol. The van der Waals surface area contributed by atoms with Crippen molar-refractivity contribution in [3.05, 3.63) is 47.2 Å². The number of furan rings is 1. The summed E-state index contributed by atoms with van der Waals surface area (Å²) >= 11 is 0. The first-order valence-corrected chi connectivity index (χ1v) is 5.56. The molecule has 0 atom stereocenters. The molecule has 80 valence electrons. The second-order valence-corrected chi connectivity index (χ2v) is 4.40. The molecular weight excluding hydrogens is 196 g/mol. The lowest BCUT2D eigenvalue weighted by Gasteiger charge is -2.02. The summed E-state index contributed by atoms with van der Waals surface area (Å²) in [6.07, 6.45) is 0. The number of aryl methyl sites for hydroxylation is 3. The van der Waals surface area contributed by atoms with Crippen molar-refractivity contribution in [2.75, 3.05) is 0 Å². The van der Waals surface area contributed by atoms with Crippen molar-refractivity contribution < 1.29 is 4.42 Å². The fourth-order valence-electron chi connectivity index (χ4n) is 2.38. The third-order valence-electron chi connectivity index (χ3n) is 3.35. The van der Waals surface area contributed by atoms with E-state index in [2.05, 4.69) is 44.2 Å². The maximum atomic E-state index is 5.84. The van der Waals surface area contributed by atoms with Crippen LogP contribution in [-0.4, -0.2) is 0 Å². The van der Waals surface area contributed by atoms with Gasteiger partial charge in [-0.25, -0.2) is 0 Å². The normalized spacial score (nSPS) is 11.4. The van der Waals surface area contributed by atoms with Gasteiger partial charge in [0.05, 0.1) is 0 Å². The minimum Gasteiger partial charge on any atom is -0.461 e. The van der Waals surface area contributed by atoms with Crippen LogP contribution in [0.3, 0.4) is 0 Å². The Morgan fingerprint density at radius 1 is 1.00 bits per heavy atom. The summed E-state index contributed by atoms with van der Waals surface area (Å²) < 4.78 is 5.84. The molecule has 0 bridgehead atoms. The second kappa shape index (κ2) is 3.11. The van der Waals surface area contributed by atoms with Gasteiger partial charge in [-0.15, -0.1) is 0 Å². The van der Waals surface area contributed by atoms with Crippen LogP contribution in [0.25, 0.3) is 21.7 Å². The van der Waals surface area contributed by atoms with Crippen LogP contribution in [0.15, 0.2) is 34.7 Å². The topological polar surface area (TPSA) is 13.1 Å². The maximum Gasteiger partial charge on any atom is 0.138 e. The first kappa shape index (κ1) is 9.46. The van der Waals surface area contributed by atoms with Crippen LogP contribution in [0.4, 0.5) is 0 Å². The lowest BCUT2D eigenvalue weighted by Crippen LogP contribution is -1.79. The molecule has 0 saturated carbocycles. The summed E-state index contributed by atoms with van der Waals surface area (Å²) in [6.45, 7) is 6.27. The number of benzene rings is 2. The number of hydrogen-bond donors (Lipinski definition) is 0. The van der Waals surface area contributed by atoms with E-state index in [9.17, 15) is 0 Å². The molecule has 0 unspecified atom stereocenters. The molecule has 1 nitrogen and oxygen atoms in total. The van der Waals surface area contributed by atoms with Crippen LogP contribution in [0.1, 0.15) is 16.9 Å². The Hall–Kier alpha value is -1.76. The average Bonchev–Trinajstić information content (AvgIpc) is 2.57. The van der Waals surface area contributed by atoms with Crippen molar-refractivity contribution in [2.45, 2.75) is 20.8 Å². The molecule has 0 amide bonds. The Labute approximate surface area is 94.7 Å². The molecule has 0 radical (unpaired) electrons. The zero-order valence-corrected chi connectivity index (χ0v) is 9.79. The lowest BCUT2D eigenvalue weighted by atomic mass is 10.0. The first-order valence-electron chi connectivity index (χ1n) is 5.56. The molecule has 1 heteroatoms. The van der Waals surface area contributed by atoms with Gasteiger partial charge in [0.25, 0.3) is 0 Å².